The Hall–Kier alpha value is -3.06. The Labute approximate surface area is 219 Å². The van der Waals surface area contributed by atoms with E-state index in [1.807, 2.05) is 69.3 Å². The molecule has 10 nitrogen and oxygen atoms in total. The molecule has 1 aliphatic heterocycles. The average molecular weight is 547 g/mol. The van der Waals surface area contributed by atoms with E-state index in [9.17, 15) is 16.8 Å². The summed E-state index contributed by atoms with van der Waals surface area (Å²) in [5.41, 5.74) is 4.83. The van der Waals surface area contributed by atoms with Crippen LogP contribution in [0.1, 0.15) is 43.4 Å². The lowest BCUT2D eigenvalue weighted by molar-refractivity contribution is 0.430. The van der Waals surface area contributed by atoms with Crippen LogP contribution < -0.4 is 15.8 Å². The molecule has 0 unspecified atom stereocenters. The standard InChI is InChI=1S/C22H23N5O2S.C2H6.CH5NO2S/c1-15-12-23-22(25-18-5-3-2-4-6-18)26-21(15)24-19-8-7-16-13-27(14-17(16)11-19)30(28,29)20-9-10-20;1-2;1-5(2,3)4/h2-8,11-12,20H,9-10,13-14H2,1H3,(H2,23,24,25,26);1-2H3;1H3,(H2,2,3,4). The zero-order chi connectivity index (χ0) is 27.2. The van der Waals surface area contributed by atoms with Crippen LogP contribution in [0.5, 0.6) is 0 Å². The number of anilines is 4. The number of hydrogen-bond donors (Lipinski definition) is 3. The summed E-state index contributed by atoms with van der Waals surface area (Å²) in [5.74, 6) is 1.22. The summed E-state index contributed by atoms with van der Waals surface area (Å²) in [6.45, 7) is 6.85. The van der Waals surface area contributed by atoms with Gasteiger partial charge in [0.05, 0.1) is 11.5 Å². The highest BCUT2D eigenvalue weighted by atomic mass is 32.2. The van der Waals surface area contributed by atoms with E-state index >= 15 is 0 Å². The first-order valence-corrected chi connectivity index (χ1v) is 15.5. The van der Waals surface area contributed by atoms with Gasteiger partial charge in [0.2, 0.25) is 26.0 Å². The third kappa shape index (κ3) is 8.22. The van der Waals surface area contributed by atoms with Crippen molar-refractivity contribution in [3.63, 3.8) is 0 Å². The molecule has 1 fully saturated rings. The van der Waals surface area contributed by atoms with E-state index < -0.39 is 20.0 Å². The van der Waals surface area contributed by atoms with Gasteiger partial charge in [-0.05, 0) is 55.2 Å². The Morgan fingerprint density at radius 3 is 2.16 bits per heavy atom. The van der Waals surface area contributed by atoms with Gasteiger partial charge in [-0.1, -0.05) is 38.1 Å². The minimum absolute atomic E-state index is 0.177. The number of aryl methyl sites for hydroxylation is 1. The largest absolute Gasteiger partial charge is 0.340 e. The lowest BCUT2D eigenvalue weighted by atomic mass is 10.1. The highest BCUT2D eigenvalue weighted by Gasteiger charge is 2.42. The van der Waals surface area contributed by atoms with Gasteiger partial charge in [0.1, 0.15) is 5.82 Å². The van der Waals surface area contributed by atoms with Crippen LogP contribution in [0.4, 0.5) is 23.1 Å². The summed E-state index contributed by atoms with van der Waals surface area (Å²) in [6.07, 6.45) is 4.29. The van der Waals surface area contributed by atoms with Crippen molar-refractivity contribution in [2.45, 2.75) is 52.0 Å². The van der Waals surface area contributed by atoms with Gasteiger partial charge >= 0.3 is 0 Å². The van der Waals surface area contributed by atoms with E-state index in [-0.39, 0.29) is 5.25 Å². The van der Waals surface area contributed by atoms with E-state index in [2.05, 4.69) is 25.7 Å². The number of nitrogens with one attached hydrogen (secondary N) is 2. The van der Waals surface area contributed by atoms with E-state index in [0.717, 1.165) is 47.2 Å². The second-order valence-corrected chi connectivity index (χ2v) is 12.5. The number of primary sulfonamides is 1. The first kappa shape index (κ1) is 28.5. The molecule has 2 heterocycles. The molecule has 5 rings (SSSR count). The molecule has 1 aliphatic carbocycles. The van der Waals surface area contributed by atoms with Crippen molar-refractivity contribution in [2.24, 2.45) is 5.14 Å². The predicted octanol–water partition coefficient (Wildman–Crippen LogP) is 4.01. The molecule has 2 aromatic carbocycles. The first-order valence-electron chi connectivity index (χ1n) is 12.0. The number of fused-ring (bicyclic) bond motifs is 1. The Morgan fingerprint density at radius 2 is 1.54 bits per heavy atom. The van der Waals surface area contributed by atoms with Crippen molar-refractivity contribution in [2.75, 3.05) is 16.9 Å². The number of nitrogens with zero attached hydrogens (tertiary/aromatic N) is 3. The minimum Gasteiger partial charge on any atom is -0.340 e. The maximum absolute atomic E-state index is 12.6. The maximum Gasteiger partial charge on any atom is 0.229 e. The fourth-order valence-corrected chi connectivity index (χ4v) is 5.41. The summed E-state index contributed by atoms with van der Waals surface area (Å²) in [7, 11) is -6.33. The molecule has 2 aliphatic rings. The van der Waals surface area contributed by atoms with Crippen molar-refractivity contribution in [1.82, 2.24) is 14.3 Å². The molecule has 12 heteroatoms. The van der Waals surface area contributed by atoms with E-state index in [0.29, 0.717) is 24.9 Å². The first-order chi connectivity index (χ1) is 17.5. The third-order valence-electron chi connectivity index (χ3n) is 5.47. The van der Waals surface area contributed by atoms with Crippen LogP contribution in [0.2, 0.25) is 0 Å². The molecule has 1 aromatic heterocycles. The van der Waals surface area contributed by atoms with Crippen LogP contribution in [0.3, 0.4) is 0 Å². The molecular formula is C25H34N6O4S2. The number of nitrogens with two attached hydrogens (primary N) is 1. The minimum atomic E-state index is -3.17. The number of sulfonamides is 2. The third-order valence-corrected chi connectivity index (χ3v) is 7.76. The summed E-state index contributed by atoms with van der Waals surface area (Å²) in [5, 5.41) is 10.7. The summed E-state index contributed by atoms with van der Waals surface area (Å²) < 4.78 is 45.5. The molecule has 200 valence electrons. The number of para-hydroxylation sites is 1. The molecule has 0 saturated heterocycles. The van der Waals surface area contributed by atoms with Gasteiger partial charge in [-0.3, -0.25) is 0 Å². The number of aromatic nitrogens is 2. The van der Waals surface area contributed by atoms with Crippen molar-refractivity contribution < 1.29 is 16.8 Å². The van der Waals surface area contributed by atoms with Crippen molar-refractivity contribution >= 4 is 43.2 Å². The van der Waals surface area contributed by atoms with Crippen molar-refractivity contribution in [3.8, 4) is 0 Å². The van der Waals surface area contributed by atoms with Gasteiger partial charge in [0.25, 0.3) is 0 Å². The van der Waals surface area contributed by atoms with Gasteiger partial charge in [-0.15, -0.1) is 0 Å². The Bertz CT molecular complexity index is 1420. The number of hydrogen-bond acceptors (Lipinski definition) is 8. The summed E-state index contributed by atoms with van der Waals surface area (Å²) >= 11 is 0. The molecule has 37 heavy (non-hydrogen) atoms. The van der Waals surface area contributed by atoms with Gasteiger partial charge in [-0.25, -0.2) is 27.0 Å². The number of benzene rings is 2. The van der Waals surface area contributed by atoms with Gasteiger partial charge in [0, 0.05) is 36.2 Å². The smallest absolute Gasteiger partial charge is 0.229 e. The molecule has 0 bridgehead atoms. The van der Waals surface area contributed by atoms with Crippen molar-refractivity contribution in [3.05, 3.63) is 71.4 Å². The fraction of sp³-hybridized carbons (Fsp3) is 0.360. The average Bonchev–Trinajstić information content (AvgIpc) is 3.62. The highest BCUT2D eigenvalue weighted by molar-refractivity contribution is 7.90. The fourth-order valence-electron chi connectivity index (χ4n) is 3.61. The molecular weight excluding hydrogens is 512 g/mol. The lowest BCUT2D eigenvalue weighted by Gasteiger charge is -2.14. The second-order valence-electron chi connectivity index (χ2n) is 8.67. The van der Waals surface area contributed by atoms with Crippen LogP contribution in [0.25, 0.3) is 0 Å². The lowest BCUT2D eigenvalue weighted by Crippen LogP contribution is -2.28. The number of rotatable bonds is 6. The second kappa shape index (κ2) is 12.0. The highest BCUT2D eigenvalue weighted by Crippen LogP contribution is 2.36. The SMILES string of the molecule is CC.CS(N)(=O)=O.Cc1cnc(Nc2ccccc2)nc1Nc1ccc2c(c1)CN(S(=O)(=O)C1CC1)C2. The predicted molar refractivity (Wildman–Crippen MR) is 148 cm³/mol. The Morgan fingerprint density at radius 1 is 0.919 bits per heavy atom. The Kier molecular flexibility index (Phi) is 9.24. The molecule has 0 amide bonds. The van der Waals surface area contributed by atoms with E-state index in [4.69, 9.17) is 0 Å². The summed E-state index contributed by atoms with van der Waals surface area (Å²) in [6, 6.07) is 15.8. The molecule has 0 spiro atoms. The molecule has 1 saturated carbocycles. The summed E-state index contributed by atoms with van der Waals surface area (Å²) in [4.78, 5) is 8.96. The topological polar surface area (TPSA) is 147 Å². The van der Waals surface area contributed by atoms with Crippen LogP contribution >= 0.6 is 0 Å². The molecule has 0 radical (unpaired) electrons. The van der Waals surface area contributed by atoms with Crippen LogP contribution in [0.15, 0.2) is 54.7 Å². The van der Waals surface area contributed by atoms with E-state index in [1.165, 1.54) is 0 Å². The van der Waals surface area contributed by atoms with Crippen molar-refractivity contribution in [1.29, 1.82) is 0 Å². The monoisotopic (exact) mass is 546 g/mol. The normalized spacial score (nSPS) is 14.9. The maximum atomic E-state index is 12.6. The molecule has 0 atom stereocenters. The van der Waals surface area contributed by atoms with Gasteiger partial charge in [0.15, 0.2) is 0 Å². The van der Waals surface area contributed by atoms with Gasteiger partial charge < -0.3 is 10.6 Å². The quantitative estimate of drug-likeness (QED) is 0.420. The van der Waals surface area contributed by atoms with E-state index in [1.54, 1.807) is 10.5 Å². The molecule has 3 aromatic rings. The van der Waals surface area contributed by atoms with Gasteiger partial charge in [-0.2, -0.15) is 9.29 Å². The molecule has 4 N–H and O–H groups in total. The van der Waals surface area contributed by atoms with Crippen LogP contribution in [0, 0.1) is 6.92 Å². The zero-order valence-corrected chi connectivity index (χ0v) is 23.1. The Balaban J connectivity index is 0.000000489. The zero-order valence-electron chi connectivity index (χ0n) is 21.5. The van der Waals surface area contributed by atoms with Crippen LogP contribution in [-0.2, 0) is 33.1 Å². The van der Waals surface area contributed by atoms with Crippen LogP contribution in [-0.4, -0.2) is 42.6 Å².